The van der Waals surface area contributed by atoms with E-state index in [4.69, 9.17) is 9.52 Å². The molecular weight excluding hydrogens is 256 g/mol. The number of rotatable bonds is 4. The van der Waals surface area contributed by atoms with Crippen LogP contribution in [0.3, 0.4) is 0 Å². The van der Waals surface area contributed by atoms with E-state index in [-0.39, 0.29) is 18.2 Å². The second kappa shape index (κ2) is 5.01. The summed E-state index contributed by atoms with van der Waals surface area (Å²) < 4.78 is 5.01. The summed E-state index contributed by atoms with van der Waals surface area (Å²) in [5.41, 5.74) is 0. The van der Waals surface area contributed by atoms with Crippen LogP contribution in [0.15, 0.2) is 22.7 Å². The number of nitrogens with one attached hydrogen (secondary N) is 1. The molecule has 0 aliphatic rings. The molecule has 0 radical (unpaired) electrons. The van der Waals surface area contributed by atoms with Crippen LogP contribution in [0.1, 0.15) is 31.0 Å². The van der Waals surface area contributed by atoms with E-state index in [0.29, 0.717) is 10.6 Å². The SMILES string of the molecule is Cc1ncc(C(=O)NCc2ccc(C(=O)O)o2)s1. The second-order valence-corrected chi connectivity index (χ2v) is 4.73. The third-order valence-electron chi connectivity index (χ3n) is 2.14. The van der Waals surface area contributed by atoms with Gasteiger partial charge < -0.3 is 14.8 Å². The Morgan fingerprint density at radius 1 is 1.50 bits per heavy atom. The zero-order chi connectivity index (χ0) is 13.1. The van der Waals surface area contributed by atoms with E-state index in [9.17, 15) is 9.59 Å². The first-order chi connectivity index (χ1) is 8.56. The number of amides is 1. The maximum Gasteiger partial charge on any atom is 0.371 e. The van der Waals surface area contributed by atoms with Gasteiger partial charge in [-0.3, -0.25) is 4.79 Å². The first kappa shape index (κ1) is 12.3. The molecule has 94 valence electrons. The lowest BCUT2D eigenvalue weighted by Gasteiger charge is -1.99. The fraction of sp³-hybridized carbons (Fsp3) is 0.182. The highest BCUT2D eigenvalue weighted by atomic mass is 32.1. The van der Waals surface area contributed by atoms with Crippen LogP contribution in [0.25, 0.3) is 0 Å². The molecule has 6 nitrogen and oxygen atoms in total. The molecular formula is C11H10N2O4S. The Morgan fingerprint density at radius 2 is 2.28 bits per heavy atom. The Hall–Kier alpha value is -2.15. The fourth-order valence-corrected chi connectivity index (χ4v) is 2.00. The molecule has 0 bridgehead atoms. The van der Waals surface area contributed by atoms with Gasteiger partial charge in [-0.15, -0.1) is 11.3 Å². The van der Waals surface area contributed by atoms with Crippen molar-refractivity contribution >= 4 is 23.2 Å². The van der Waals surface area contributed by atoms with Gasteiger partial charge in [0, 0.05) is 0 Å². The van der Waals surface area contributed by atoms with E-state index in [1.54, 1.807) is 0 Å². The summed E-state index contributed by atoms with van der Waals surface area (Å²) in [4.78, 5) is 26.8. The molecule has 7 heteroatoms. The van der Waals surface area contributed by atoms with Crippen LogP contribution in [0, 0.1) is 6.92 Å². The first-order valence-electron chi connectivity index (χ1n) is 5.09. The van der Waals surface area contributed by atoms with E-state index >= 15 is 0 Å². The van der Waals surface area contributed by atoms with Crippen LogP contribution < -0.4 is 5.32 Å². The number of carboxylic acids is 1. The van der Waals surface area contributed by atoms with Crippen molar-refractivity contribution in [2.24, 2.45) is 0 Å². The number of aromatic nitrogens is 1. The summed E-state index contributed by atoms with van der Waals surface area (Å²) in [6.07, 6.45) is 1.50. The van der Waals surface area contributed by atoms with Gasteiger partial charge in [-0.05, 0) is 19.1 Å². The molecule has 0 saturated heterocycles. The van der Waals surface area contributed by atoms with E-state index in [1.807, 2.05) is 6.92 Å². The maximum atomic E-state index is 11.7. The Bertz CT molecular complexity index is 587. The highest BCUT2D eigenvalue weighted by molar-refractivity contribution is 7.13. The summed E-state index contributed by atoms with van der Waals surface area (Å²) in [5.74, 6) is -1.14. The maximum absolute atomic E-state index is 11.7. The summed E-state index contributed by atoms with van der Waals surface area (Å²) >= 11 is 1.29. The van der Waals surface area contributed by atoms with Gasteiger partial charge in [0.1, 0.15) is 10.6 Å². The van der Waals surface area contributed by atoms with Gasteiger partial charge >= 0.3 is 5.97 Å². The quantitative estimate of drug-likeness (QED) is 0.878. The van der Waals surface area contributed by atoms with Gasteiger partial charge in [0.25, 0.3) is 5.91 Å². The highest BCUT2D eigenvalue weighted by Crippen LogP contribution is 2.12. The number of nitrogens with zero attached hydrogens (tertiary/aromatic N) is 1. The Labute approximate surface area is 106 Å². The lowest BCUT2D eigenvalue weighted by molar-refractivity contribution is 0.0660. The summed E-state index contributed by atoms with van der Waals surface area (Å²) in [5, 5.41) is 12.1. The zero-order valence-corrected chi connectivity index (χ0v) is 10.3. The number of aryl methyl sites for hydroxylation is 1. The van der Waals surface area contributed by atoms with Gasteiger partial charge in [0.05, 0.1) is 17.7 Å². The normalized spacial score (nSPS) is 10.3. The standard InChI is InChI=1S/C11H10N2O4S/c1-6-12-5-9(18-6)10(14)13-4-7-2-3-8(17-7)11(15)16/h2-3,5H,4H2,1H3,(H,13,14)(H,15,16). The Morgan fingerprint density at radius 3 is 2.83 bits per heavy atom. The van der Waals surface area contributed by atoms with Crippen LogP contribution in [0.5, 0.6) is 0 Å². The van der Waals surface area contributed by atoms with Crippen molar-refractivity contribution in [3.63, 3.8) is 0 Å². The van der Waals surface area contributed by atoms with E-state index in [2.05, 4.69) is 10.3 Å². The second-order valence-electron chi connectivity index (χ2n) is 3.50. The third kappa shape index (κ3) is 2.75. The first-order valence-corrected chi connectivity index (χ1v) is 5.90. The van der Waals surface area contributed by atoms with Crippen molar-refractivity contribution in [2.75, 3.05) is 0 Å². The van der Waals surface area contributed by atoms with Crippen molar-refractivity contribution in [3.05, 3.63) is 39.7 Å². The lowest BCUT2D eigenvalue weighted by atomic mass is 10.4. The average molecular weight is 266 g/mol. The average Bonchev–Trinajstić information content (AvgIpc) is 2.94. The molecule has 2 rings (SSSR count). The largest absolute Gasteiger partial charge is 0.475 e. The summed E-state index contributed by atoms with van der Waals surface area (Å²) in [6.45, 7) is 1.95. The van der Waals surface area contributed by atoms with Gasteiger partial charge in [0.15, 0.2) is 0 Å². The lowest BCUT2D eigenvalue weighted by Crippen LogP contribution is -2.21. The third-order valence-corrected chi connectivity index (χ3v) is 3.05. The van der Waals surface area contributed by atoms with Crippen molar-refractivity contribution in [3.8, 4) is 0 Å². The van der Waals surface area contributed by atoms with Crippen molar-refractivity contribution in [1.82, 2.24) is 10.3 Å². The van der Waals surface area contributed by atoms with Crippen LogP contribution in [0.2, 0.25) is 0 Å². The number of thiazole rings is 1. The topological polar surface area (TPSA) is 92.4 Å². The number of hydrogen-bond donors (Lipinski definition) is 2. The van der Waals surface area contributed by atoms with E-state index < -0.39 is 5.97 Å². The Kier molecular flexibility index (Phi) is 3.42. The molecule has 0 fully saturated rings. The molecule has 0 unspecified atom stereocenters. The molecule has 0 aliphatic heterocycles. The molecule has 0 saturated carbocycles. The van der Waals surface area contributed by atoms with Crippen LogP contribution in [-0.4, -0.2) is 22.0 Å². The minimum Gasteiger partial charge on any atom is -0.475 e. The molecule has 2 aromatic rings. The predicted octanol–water partition coefficient (Wildman–Crippen LogP) is 1.67. The van der Waals surface area contributed by atoms with E-state index in [1.165, 1.54) is 29.7 Å². The van der Waals surface area contributed by atoms with E-state index in [0.717, 1.165) is 5.01 Å². The minimum absolute atomic E-state index is 0.142. The molecule has 0 aliphatic carbocycles. The number of carbonyl (C=O) groups excluding carboxylic acids is 1. The van der Waals surface area contributed by atoms with Crippen molar-refractivity contribution < 1.29 is 19.1 Å². The molecule has 2 N–H and O–H groups in total. The Balaban J connectivity index is 1.95. The smallest absolute Gasteiger partial charge is 0.371 e. The molecule has 2 heterocycles. The van der Waals surface area contributed by atoms with Gasteiger partial charge in [0.2, 0.25) is 5.76 Å². The fourth-order valence-electron chi connectivity index (χ4n) is 1.31. The van der Waals surface area contributed by atoms with Crippen molar-refractivity contribution in [2.45, 2.75) is 13.5 Å². The number of hydrogen-bond acceptors (Lipinski definition) is 5. The summed E-state index contributed by atoms with van der Waals surface area (Å²) in [6, 6.07) is 2.86. The molecule has 0 atom stereocenters. The van der Waals surface area contributed by atoms with Gasteiger partial charge in [-0.25, -0.2) is 9.78 Å². The summed E-state index contributed by atoms with van der Waals surface area (Å²) in [7, 11) is 0. The van der Waals surface area contributed by atoms with Crippen LogP contribution in [0.4, 0.5) is 0 Å². The van der Waals surface area contributed by atoms with Gasteiger partial charge in [-0.1, -0.05) is 0 Å². The minimum atomic E-state index is -1.13. The number of aromatic carboxylic acids is 1. The number of furan rings is 1. The molecule has 0 spiro atoms. The van der Waals surface area contributed by atoms with Crippen LogP contribution >= 0.6 is 11.3 Å². The van der Waals surface area contributed by atoms with Crippen LogP contribution in [-0.2, 0) is 6.54 Å². The monoisotopic (exact) mass is 266 g/mol. The molecule has 18 heavy (non-hydrogen) atoms. The van der Waals surface area contributed by atoms with Crippen molar-refractivity contribution in [1.29, 1.82) is 0 Å². The molecule has 2 aromatic heterocycles. The zero-order valence-electron chi connectivity index (χ0n) is 9.47. The predicted molar refractivity (Wildman–Crippen MR) is 63.7 cm³/mol. The number of carboxylic acid groups (broad SMARTS) is 1. The highest BCUT2D eigenvalue weighted by Gasteiger charge is 2.11. The number of carbonyl (C=O) groups is 2. The molecule has 0 aromatic carbocycles. The van der Waals surface area contributed by atoms with Gasteiger partial charge in [-0.2, -0.15) is 0 Å². The molecule has 1 amide bonds.